The summed E-state index contributed by atoms with van der Waals surface area (Å²) >= 11 is 5.94. The summed E-state index contributed by atoms with van der Waals surface area (Å²) in [7, 11) is 1.60. The molecule has 0 aliphatic rings. The molecule has 0 bridgehead atoms. The maximum atomic E-state index is 12.8. The molecule has 0 unspecified atom stereocenters. The number of rotatable bonds is 9. The van der Waals surface area contributed by atoms with Gasteiger partial charge in [0, 0.05) is 16.8 Å². The van der Waals surface area contributed by atoms with E-state index in [-0.39, 0.29) is 5.91 Å². The molecule has 4 nitrogen and oxygen atoms in total. The average molecular weight is 478 g/mol. The summed E-state index contributed by atoms with van der Waals surface area (Å²) in [6, 6.07) is 19.3. The molecule has 0 saturated heterocycles. The number of carbonyl (C=O) groups excluding carboxylic acids is 1. The normalized spacial score (nSPS) is 11.3. The van der Waals surface area contributed by atoms with Gasteiger partial charge in [0.2, 0.25) is 5.91 Å². The molecule has 0 aromatic heterocycles. The number of benzene rings is 3. The number of hydrogen-bond acceptors (Lipinski definition) is 3. The monoisotopic (exact) mass is 477 g/mol. The number of amides is 1. The summed E-state index contributed by atoms with van der Waals surface area (Å²) in [5.74, 6) is 1.68. The molecule has 0 aliphatic carbocycles. The highest BCUT2D eigenvalue weighted by atomic mass is 35.5. The first-order chi connectivity index (χ1) is 16.3. The fourth-order valence-electron chi connectivity index (χ4n) is 3.68. The third-order valence-corrected chi connectivity index (χ3v) is 5.80. The molecule has 0 saturated carbocycles. The van der Waals surface area contributed by atoms with Crippen LogP contribution in [0.25, 0.3) is 6.08 Å². The van der Waals surface area contributed by atoms with E-state index in [1.54, 1.807) is 19.3 Å². The van der Waals surface area contributed by atoms with Crippen molar-refractivity contribution in [2.75, 3.05) is 12.4 Å². The second-order valence-corrected chi connectivity index (χ2v) is 9.21. The van der Waals surface area contributed by atoms with E-state index in [9.17, 15) is 4.79 Å². The lowest BCUT2D eigenvalue weighted by Crippen LogP contribution is -2.13. The lowest BCUT2D eigenvalue weighted by atomic mass is 9.92. The highest BCUT2D eigenvalue weighted by Crippen LogP contribution is 2.33. The van der Waals surface area contributed by atoms with Gasteiger partial charge in [-0.2, -0.15) is 0 Å². The van der Waals surface area contributed by atoms with Gasteiger partial charge >= 0.3 is 0 Å². The van der Waals surface area contributed by atoms with Crippen LogP contribution in [-0.4, -0.2) is 13.0 Å². The molecule has 34 heavy (non-hydrogen) atoms. The Bertz CT molecular complexity index is 1120. The number of methoxy groups -OCH3 is 1. The summed E-state index contributed by atoms with van der Waals surface area (Å²) in [4.78, 5) is 12.8. The minimum atomic E-state index is -0.169. The quantitative estimate of drug-likeness (QED) is 0.319. The zero-order valence-electron chi connectivity index (χ0n) is 20.4. The minimum Gasteiger partial charge on any atom is -0.493 e. The van der Waals surface area contributed by atoms with E-state index < -0.39 is 0 Å². The molecule has 1 N–H and O–H groups in total. The smallest absolute Gasteiger partial charge is 0.248 e. The summed E-state index contributed by atoms with van der Waals surface area (Å²) in [5.41, 5.74) is 5.03. The van der Waals surface area contributed by atoms with E-state index in [0.29, 0.717) is 35.0 Å². The Labute approximate surface area is 207 Å². The number of hydrogen-bond donors (Lipinski definition) is 1. The number of ether oxygens (including phenoxy) is 2. The van der Waals surface area contributed by atoms with Gasteiger partial charge in [-0.05, 0) is 64.4 Å². The van der Waals surface area contributed by atoms with E-state index in [2.05, 4.69) is 51.2 Å². The van der Waals surface area contributed by atoms with Gasteiger partial charge in [-0.25, -0.2) is 0 Å². The third kappa shape index (κ3) is 6.64. The lowest BCUT2D eigenvalue weighted by Gasteiger charge is -2.19. The number of halogens is 1. The van der Waals surface area contributed by atoms with Crippen LogP contribution in [-0.2, 0) is 11.4 Å². The summed E-state index contributed by atoms with van der Waals surface area (Å²) < 4.78 is 11.4. The highest BCUT2D eigenvalue weighted by Gasteiger charge is 2.15. The van der Waals surface area contributed by atoms with Crippen LogP contribution in [0.15, 0.2) is 66.7 Å². The molecule has 178 valence electrons. The second kappa shape index (κ2) is 11.8. The number of nitrogens with one attached hydrogen (secondary N) is 1. The van der Waals surface area contributed by atoms with Crippen molar-refractivity contribution < 1.29 is 14.3 Å². The zero-order chi connectivity index (χ0) is 24.7. The van der Waals surface area contributed by atoms with Crippen LogP contribution in [0.2, 0.25) is 5.02 Å². The van der Waals surface area contributed by atoms with Gasteiger partial charge < -0.3 is 14.8 Å². The summed E-state index contributed by atoms with van der Waals surface area (Å²) in [6.07, 6.45) is 3.32. The van der Waals surface area contributed by atoms with E-state index in [1.807, 2.05) is 42.5 Å². The molecule has 3 aromatic rings. The van der Waals surface area contributed by atoms with Gasteiger partial charge in [-0.15, -0.1) is 0 Å². The predicted octanol–water partition coefficient (Wildman–Crippen LogP) is 7.83. The fourth-order valence-corrected chi connectivity index (χ4v) is 3.81. The van der Waals surface area contributed by atoms with Crippen LogP contribution in [0.5, 0.6) is 11.5 Å². The van der Waals surface area contributed by atoms with Crippen LogP contribution in [0.3, 0.4) is 0 Å². The lowest BCUT2D eigenvalue weighted by molar-refractivity contribution is -0.111. The molecule has 3 rings (SSSR count). The highest BCUT2D eigenvalue weighted by molar-refractivity contribution is 6.30. The van der Waals surface area contributed by atoms with Crippen LogP contribution < -0.4 is 14.8 Å². The minimum absolute atomic E-state index is 0.169. The SMILES string of the molecule is COc1cc(/C=C/C(=O)Nc2c(C(C)C)cccc2C(C)C)ccc1OCc1ccc(Cl)cc1. The maximum Gasteiger partial charge on any atom is 0.248 e. The van der Waals surface area contributed by atoms with Crippen LogP contribution in [0, 0.1) is 0 Å². The van der Waals surface area contributed by atoms with Gasteiger partial charge in [0.1, 0.15) is 6.61 Å². The fraction of sp³-hybridized carbons (Fsp3) is 0.276. The molecule has 1 amide bonds. The summed E-state index contributed by atoms with van der Waals surface area (Å²) in [5, 5.41) is 3.79. The van der Waals surface area contributed by atoms with Crippen molar-refractivity contribution in [3.63, 3.8) is 0 Å². The van der Waals surface area contributed by atoms with Crippen LogP contribution in [0.4, 0.5) is 5.69 Å². The molecule has 0 spiro atoms. The second-order valence-electron chi connectivity index (χ2n) is 8.77. The van der Waals surface area contributed by atoms with Crippen LogP contribution in [0.1, 0.15) is 61.8 Å². The van der Waals surface area contributed by atoms with E-state index in [0.717, 1.165) is 27.9 Å². The van der Waals surface area contributed by atoms with Crippen molar-refractivity contribution in [2.45, 2.75) is 46.1 Å². The summed E-state index contributed by atoms with van der Waals surface area (Å²) in [6.45, 7) is 8.93. The molecule has 0 heterocycles. The Morgan fingerprint density at radius 1 is 0.941 bits per heavy atom. The van der Waals surface area contributed by atoms with Crippen molar-refractivity contribution in [1.82, 2.24) is 0 Å². The first-order valence-electron chi connectivity index (χ1n) is 11.5. The topological polar surface area (TPSA) is 47.6 Å². The largest absolute Gasteiger partial charge is 0.493 e. The van der Waals surface area contributed by atoms with E-state index >= 15 is 0 Å². The van der Waals surface area contributed by atoms with Gasteiger partial charge in [0.15, 0.2) is 11.5 Å². The van der Waals surface area contributed by atoms with Gasteiger partial charge in [0.05, 0.1) is 7.11 Å². The third-order valence-electron chi connectivity index (χ3n) is 5.54. The van der Waals surface area contributed by atoms with Crippen molar-refractivity contribution in [3.05, 3.63) is 94.0 Å². The Balaban J connectivity index is 1.72. The standard InChI is InChI=1S/C29H32ClNO3/c1-19(2)24-7-6-8-25(20(3)4)29(24)31-28(32)16-12-21-11-15-26(27(17-21)33-5)34-18-22-9-13-23(30)14-10-22/h6-17,19-20H,18H2,1-5H3,(H,31,32)/b16-12+. The van der Waals surface area contributed by atoms with E-state index in [1.165, 1.54) is 0 Å². The Hall–Kier alpha value is -3.24. The molecule has 0 atom stereocenters. The molecular weight excluding hydrogens is 446 g/mol. The average Bonchev–Trinajstić information content (AvgIpc) is 2.82. The Morgan fingerprint density at radius 2 is 1.59 bits per heavy atom. The molecule has 0 fully saturated rings. The van der Waals surface area contributed by atoms with Crippen molar-refractivity contribution in [1.29, 1.82) is 0 Å². The Morgan fingerprint density at radius 3 is 2.18 bits per heavy atom. The molecule has 0 aliphatic heterocycles. The van der Waals surface area contributed by atoms with E-state index in [4.69, 9.17) is 21.1 Å². The van der Waals surface area contributed by atoms with Crippen molar-refractivity contribution >= 4 is 29.3 Å². The first kappa shape index (κ1) is 25.4. The zero-order valence-corrected chi connectivity index (χ0v) is 21.1. The molecular formula is C29H32ClNO3. The molecule has 5 heteroatoms. The predicted molar refractivity (Wildman–Crippen MR) is 141 cm³/mol. The number of carbonyl (C=O) groups is 1. The molecule has 0 radical (unpaired) electrons. The maximum absolute atomic E-state index is 12.8. The Kier molecular flexibility index (Phi) is 8.78. The van der Waals surface area contributed by atoms with Crippen LogP contribution >= 0.6 is 11.6 Å². The number of anilines is 1. The van der Waals surface area contributed by atoms with Crippen molar-refractivity contribution in [3.8, 4) is 11.5 Å². The molecule has 3 aromatic carbocycles. The van der Waals surface area contributed by atoms with Gasteiger partial charge in [-0.1, -0.05) is 75.7 Å². The number of para-hydroxylation sites is 1. The first-order valence-corrected chi connectivity index (χ1v) is 11.8. The van der Waals surface area contributed by atoms with Gasteiger partial charge in [-0.3, -0.25) is 4.79 Å². The van der Waals surface area contributed by atoms with Gasteiger partial charge in [0.25, 0.3) is 0 Å². The van der Waals surface area contributed by atoms with Crippen molar-refractivity contribution in [2.24, 2.45) is 0 Å².